The summed E-state index contributed by atoms with van der Waals surface area (Å²) in [6, 6.07) is 4.74. The van der Waals surface area contributed by atoms with E-state index in [1.54, 1.807) is 18.3 Å². The second kappa shape index (κ2) is 5.98. The van der Waals surface area contributed by atoms with Gasteiger partial charge in [-0.15, -0.1) is 0 Å². The van der Waals surface area contributed by atoms with Crippen molar-refractivity contribution in [2.24, 2.45) is 0 Å². The molecule has 0 aliphatic carbocycles. The summed E-state index contributed by atoms with van der Waals surface area (Å²) in [5.41, 5.74) is 0.955. The summed E-state index contributed by atoms with van der Waals surface area (Å²) in [7, 11) is 0. The minimum atomic E-state index is -0.387. The lowest BCUT2D eigenvalue weighted by Gasteiger charge is -2.07. The van der Waals surface area contributed by atoms with Gasteiger partial charge < -0.3 is 9.88 Å². The van der Waals surface area contributed by atoms with Crippen molar-refractivity contribution in [1.29, 1.82) is 0 Å². The number of benzene rings is 1. The van der Waals surface area contributed by atoms with Crippen molar-refractivity contribution < 1.29 is 4.39 Å². The van der Waals surface area contributed by atoms with Gasteiger partial charge in [-0.1, -0.05) is 17.7 Å². The van der Waals surface area contributed by atoms with Gasteiger partial charge in [-0.2, -0.15) is 0 Å². The Kier molecular flexibility index (Phi) is 4.33. The molecule has 0 aliphatic heterocycles. The van der Waals surface area contributed by atoms with Crippen molar-refractivity contribution in [3.05, 3.63) is 52.8 Å². The predicted octanol–water partition coefficient (Wildman–Crippen LogP) is 2.99. The lowest BCUT2D eigenvalue weighted by atomic mass is 10.2. The number of halogens is 2. The molecule has 3 nitrogen and oxygen atoms in total. The number of aryl methyl sites for hydroxylation is 1. The molecule has 0 spiro atoms. The maximum Gasteiger partial charge on any atom is 0.141 e. The van der Waals surface area contributed by atoms with Crippen LogP contribution >= 0.6 is 11.6 Å². The molecule has 1 heterocycles. The summed E-state index contributed by atoms with van der Waals surface area (Å²) in [4.78, 5) is 4.26. The molecule has 5 heteroatoms. The van der Waals surface area contributed by atoms with Crippen LogP contribution in [0.2, 0.25) is 5.02 Å². The summed E-state index contributed by atoms with van der Waals surface area (Å²) in [6.07, 6.45) is 3.74. The molecule has 0 saturated heterocycles. The van der Waals surface area contributed by atoms with Crippen LogP contribution in [0.4, 0.5) is 4.39 Å². The zero-order chi connectivity index (χ0) is 13.0. The second-order valence-electron chi connectivity index (χ2n) is 3.98. The highest BCUT2D eigenvalue weighted by Gasteiger charge is 2.02. The Morgan fingerprint density at radius 1 is 1.39 bits per heavy atom. The molecule has 0 aliphatic rings. The first-order valence-corrected chi connectivity index (χ1v) is 6.23. The van der Waals surface area contributed by atoms with Crippen LogP contribution in [0.5, 0.6) is 0 Å². The predicted molar refractivity (Wildman–Crippen MR) is 69.9 cm³/mol. The minimum Gasteiger partial charge on any atom is -0.334 e. The SMILES string of the molecule is CCn1ccnc1CNCc1ccc(F)c(Cl)c1. The largest absolute Gasteiger partial charge is 0.334 e. The zero-order valence-corrected chi connectivity index (χ0v) is 10.9. The number of hydrogen-bond donors (Lipinski definition) is 1. The van der Waals surface area contributed by atoms with Crippen LogP contribution in [0, 0.1) is 5.82 Å². The molecule has 0 saturated carbocycles. The molecule has 1 N–H and O–H groups in total. The number of hydrogen-bond acceptors (Lipinski definition) is 2. The van der Waals surface area contributed by atoms with Crippen LogP contribution < -0.4 is 5.32 Å². The Hall–Kier alpha value is -1.39. The molecule has 1 aromatic carbocycles. The summed E-state index contributed by atoms with van der Waals surface area (Å²) in [6.45, 7) is 4.29. The molecule has 0 bridgehead atoms. The molecule has 2 aromatic rings. The number of imidazole rings is 1. The number of aromatic nitrogens is 2. The molecule has 0 unspecified atom stereocenters. The molecule has 1 aromatic heterocycles. The molecule has 2 rings (SSSR count). The average molecular weight is 268 g/mol. The number of nitrogens with one attached hydrogen (secondary N) is 1. The lowest BCUT2D eigenvalue weighted by molar-refractivity contribution is 0.608. The fraction of sp³-hybridized carbons (Fsp3) is 0.308. The first-order valence-electron chi connectivity index (χ1n) is 5.85. The van der Waals surface area contributed by atoms with Gasteiger partial charge in [0, 0.05) is 25.5 Å². The lowest BCUT2D eigenvalue weighted by Crippen LogP contribution is -2.16. The van der Waals surface area contributed by atoms with E-state index in [0.29, 0.717) is 13.1 Å². The highest BCUT2D eigenvalue weighted by molar-refractivity contribution is 6.30. The molecule has 0 amide bonds. The molecule has 0 atom stereocenters. The van der Waals surface area contributed by atoms with Crippen molar-refractivity contribution in [1.82, 2.24) is 14.9 Å². The Bertz CT molecular complexity index is 525. The van der Waals surface area contributed by atoms with Crippen molar-refractivity contribution in [3.8, 4) is 0 Å². The van der Waals surface area contributed by atoms with E-state index in [-0.39, 0.29) is 10.8 Å². The smallest absolute Gasteiger partial charge is 0.141 e. The van der Waals surface area contributed by atoms with Gasteiger partial charge in [0.05, 0.1) is 11.6 Å². The second-order valence-corrected chi connectivity index (χ2v) is 4.39. The quantitative estimate of drug-likeness (QED) is 0.903. The monoisotopic (exact) mass is 267 g/mol. The van der Waals surface area contributed by atoms with Gasteiger partial charge in [-0.25, -0.2) is 9.37 Å². The summed E-state index contributed by atoms with van der Waals surface area (Å²) >= 11 is 5.72. The van der Waals surface area contributed by atoms with Gasteiger partial charge in [0.2, 0.25) is 0 Å². The van der Waals surface area contributed by atoms with Crippen molar-refractivity contribution in [2.45, 2.75) is 26.6 Å². The molecular formula is C13H15ClFN3. The number of rotatable bonds is 5. The van der Waals surface area contributed by atoms with Gasteiger partial charge in [0.25, 0.3) is 0 Å². The van der Waals surface area contributed by atoms with E-state index in [2.05, 4.69) is 21.8 Å². The fourth-order valence-electron chi connectivity index (χ4n) is 1.76. The molecule has 0 radical (unpaired) electrons. The van der Waals surface area contributed by atoms with Gasteiger partial charge in [0.15, 0.2) is 0 Å². The van der Waals surface area contributed by atoms with Gasteiger partial charge in [-0.3, -0.25) is 0 Å². The van der Waals surface area contributed by atoms with E-state index >= 15 is 0 Å². The first kappa shape index (κ1) is 13.1. The van der Waals surface area contributed by atoms with Gasteiger partial charge in [0.1, 0.15) is 11.6 Å². The molecule has 96 valence electrons. The van der Waals surface area contributed by atoms with Gasteiger partial charge >= 0.3 is 0 Å². The average Bonchev–Trinajstić information content (AvgIpc) is 2.81. The standard InChI is InChI=1S/C13H15ClFN3/c1-2-18-6-5-17-13(18)9-16-8-10-3-4-12(15)11(14)7-10/h3-7,16H,2,8-9H2,1H3. The van der Waals surface area contributed by atoms with E-state index in [9.17, 15) is 4.39 Å². The van der Waals surface area contributed by atoms with Gasteiger partial charge in [-0.05, 0) is 24.6 Å². The highest BCUT2D eigenvalue weighted by Crippen LogP contribution is 2.15. The van der Waals surface area contributed by atoms with Crippen molar-refractivity contribution in [3.63, 3.8) is 0 Å². The topological polar surface area (TPSA) is 29.9 Å². The third kappa shape index (κ3) is 3.09. The summed E-state index contributed by atoms with van der Waals surface area (Å²) in [5.74, 6) is 0.604. The minimum absolute atomic E-state index is 0.157. The van der Waals surface area contributed by atoms with E-state index in [0.717, 1.165) is 17.9 Å². The molecule has 18 heavy (non-hydrogen) atoms. The first-order chi connectivity index (χ1) is 8.70. The third-order valence-corrected chi connectivity index (χ3v) is 3.03. The van der Waals surface area contributed by atoms with Crippen LogP contribution in [0.1, 0.15) is 18.3 Å². The maximum absolute atomic E-state index is 13.0. The van der Waals surface area contributed by atoms with Crippen LogP contribution in [0.15, 0.2) is 30.6 Å². The Labute approximate surface area is 111 Å². The van der Waals surface area contributed by atoms with E-state index in [1.807, 2.05) is 6.20 Å². The number of nitrogens with zero attached hydrogens (tertiary/aromatic N) is 2. The summed E-state index contributed by atoms with van der Waals surface area (Å²) < 4.78 is 15.1. The Balaban J connectivity index is 1.90. The molecule has 0 fully saturated rings. The van der Waals surface area contributed by atoms with Crippen molar-refractivity contribution >= 4 is 11.6 Å². The van der Waals surface area contributed by atoms with Crippen LogP contribution in [-0.2, 0) is 19.6 Å². The van der Waals surface area contributed by atoms with Crippen LogP contribution in [0.25, 0.3) is 0 Å². The highest BCUT2D eigenvalue weighted by atomic mass is 35.5. The normalized spacial score (nSPS) is 10.8. The third-order valence-electron chi connectivity index (χ3n) is 2.74. The Morgan fingerprint density at radius 2 is 2.22 bits per heavy atom. The van der Waals surface area contributed by atoms with Crippen LogP contribution in [0.3, 0.4) is 0 Å². The van der Waals surface area contributed by atoms with E-state index in [4.69, 9.17) is 11.6 Å². The van der Waals surface area contributed by atoms with Crippen molar-refractivity contribution in [2.75, 3.05) is 0 Å². The Morgan fingerprint density at radius 3 is 2.94 bits per heavy atom. The zero-order valence-electron chi connectivity index (χ0n) is 10.2. The summed E-state index contributed by atoms with van der Waals surface area (Å²) in [5, 5.41) is 3.42. The van der Waals surface area contributed by atoms with E-state index in [1.165, 1.54) is 6.07 Å². The fourth-order valence-corrected chi connectivity index (χ4v) is 1.97. The molecular weight excluding hydrogens is 253 g/mol. The van der Waals surface area contributed by atoms with E-state index < -0.39 is 0 Å². The van der Waals surface area contributed by atoms with Crippen LogP contribution in [-0.4, -0.2) is 9.55 Å². The maximum atomic E-state index is 13.0.